The van der Waals surface area contributed by atoms with Crippen molar-refractivity contribution in [3.05, 3.63) is 107 Å². The van der Waals surface area contributed by atoms with Gasteiger partial charge in [0.05, 0.1) is 12.1 Å². The summed E-state index contributed by atoms with van der Waals surface area (Å²) in [6, 6.07) is 21.5. The zero-order valence-corrected chi connectivity index (χ0v) is 19.8. The van der Waals surface area contributed by atoms with Crippen LogP contribution in [0.25, 0.3) is 16.5 Å². The lowest BCUT2D eigenvalue weighted by Gasteiger charge is -2.25. The first-order valence-electron chi connectivity index (χ1n) is 11.3. The SMILES string of the molecule is O=C(O)C1(N=Nc2c(O)n(Cc3ccccc3)c3ccc(Cl)cc23)C=CC=C(c2ccccc2O)C1. The van der Waals surface area contributed by atoms with Crippen molar-refractivity contribution in [1.82, 2.24) is 4.57 Å². The van der Waals surface area contributed by atoms with Gasteiger partial charge >= 0.3 is 5.97 Å². The molecule has 0 amide bonds. The maximum Gasteiger partial charge on any atom is 0.337 e. The number of hydrogen-bond donors (Lipinski definition) is 3. The molecular weight excluding hydrogens is 478 g/mol. The van der Waals surface area contributed by atoms with Gasteiger partial charge in [-0.25, -0.2) is 4.79 Å². The molecule has 0 spiro atoms. The number of aromatic nitrogens is 1. The summed E-state index contributed by atoms with van der Waals surface area (Å²) >= 11 is 6.24. The monoisotopic (exact) mass is 499 g/mol. The first kappa shape index (κ1) is 23.4. The molecule has 0 saturated heterocycles. The summed E-state index contributed by atoms with van der Waals surface area (Å²) in [4.78, 5) is 12.4. The van der Waals surface area contributed by atoms with Crippen molar-refractivity contribution < 1.29 is 20.1 Å². The molecule has 7 nitrogen and oxygen atoms in total. The number of carbonyl (C=O) groups is 1. The van der Waals surface area contributed by atoms with Crippen molar-refractivity contribution in [3.63, 3.8) is 0 Å². The van der Waals surface area contributed by atoms with Gasteiger partial charge in [0.1, 0.15) is 5.75 Å². The number of carboxylic acids is 1. The van der Waals surface area contributed by atoms with E-state index >= 15 is 0 Å². The van der Waals surface area contributed by atoms with Gasteiger partial charge in [0.25, 0.3) is 0 Å². The van der Waals surface area contributed by atoms with Crippen molar-refractivity contribution in [3.8, 4) is 11.6 Å². The van der Waals surface area contributed by atoms with Gasteiger partial charge in [-0.1, -0.05) is 72.3 Å². The number of aromatic hydroxyl groups is 2. The number of benzene rings is 3. The second-order valence-corrected chi connectivity index (χ2v) is 9.02. The average Bonchev–Trinajstić information content (AvgIpc) is 3.13. The fourth-order valence-corrected chi connectivity index (χ4v) is 4.55. The van der Waals surface area contributed by atoms with Gasteiger partial charge in [-0.05, 0) is 41.5 Å². The van der Waals surface area contributed by atoms with Crippen LogP contribution in [0.3, 0.4) is 0 Å². The van der Waals surface area contributed by atoms with Crippen molar-refractivity contribution >= 4 is 39.7 Å². The minimum atomic E-state index is -1.72. The van der Waals surface area contributed by atoms with Crippen molar-refractivity contribution in [2.24, 2.45) is 10.2 Å². The fourth-order valence-electron chi connectivity index (χ4n) is 4.38. The number of aliphatic carboxylic acids is 1. The second kappa shape index (κ2) is 9.36. The molecule has 1 atom stereocenters. The van der Waals surface area contributed by atoms with E-state index in [-0.39, 0.29) is 23.7 Å². The Bertz CT molecular complexity index is 1560. The normalized spacial score (nSPS) is 17.5. The van der Waals surface area contributed by atoms with E-state index in [9.17, 15) is 20.1 Å². The number of hydrogen-bond acceptors (Lipinski definition) is 5. The van der Waals surface area contributed by atoms with Gasteiger partial charge in [-0.2, -0.15) is 5.11 Å². The summed E-state index contributed by atoms with van der Waals surface area (Å²) < 4.78 is 1.69. The number of carboxylic acid groups (broad SMARTS) is 1. The molecule has 1 heterocycles. The Morgan fingerprint density at radius 2 is 1.78 bits per heavy atom. The van der Waals surface area contributed by atoms with Crippen LogP contribution in [0.1, 0.15) is 17.5 Å². The Balaban J connectivity index is 1.57. The lowest BCUT2D eigenvalue weighted by atomic mass is 9.84. The summed E-state index contributed by atoms with van der Waals surface area (Å²) in [5.74, 6) is -1.29. The highest BCUT2D eigenvalue weighted by Crippen LogP contribution is 2.43. The van der Waals surface area contributed by atoms with Crippen LogP contribution in [-0.4, -0.2) is 31.4 Å². The third-order valence-corrected chi connectivity index (χ3v) is 6.47. The minimum Gasteiger partial charge on any atom is -0.507 e. The lowest BCUT2D eigenvalue weighted by Crippen LogP contribution is -2.35. The minimum absolute atomic E-state index is 0.0237. The van der Waals surface area contributed by atoms with Crippen LogP contribution < -0.4 is 0 Å². The van der Waals surface area contributed by atoms with E-state index in [2.05, 4.69) is 10.2 Å². The number of nitrogens with zero attached hydrogens (tertiary/aromatic N) is 3. The molecule has 1 aliphatic rings. The van der Waals surface area contributed by atoms with E-state index < -0.39 is 11.5 Å². The Morgan fingerprint density at radius 1 is 1.03 bits per heavy atom. The Hall–Kier alpha value is -4.36. The van der Waals surface area contributed by atoms with Crippen LogP contribution in [0.2, 0.25) is 5.02 Å². The van der Waals surface area contributed by atoms with Gasteiger partial charge in [0.15, 0.2) is 5.69 Å². The number of halogens is 1. The summed E-state index contributed by atoms with van der Waals surface area (Å²) in [5.41, 5.74) is 1.21. The summed E-state index contributed by atoms with van der Waals surface area (Å²) in [5, 5.41) is 41.1. The highest BCUT2D eigenvalue weighted by Gasteiger charge is 2.39. The maximum atomic E-state index is 12.4. The van der Waals surface area contributed by atoms with Gasteiger partial charge in [0, 0.05) is 22.4 Å². The molecule has 8 heteroatoms. The second-order valence-electron chi connectivity index (χ2n) is 8.58. The van der Waals surface area contributed by atoms with Crippen LogP contribution in [-0.2, 0) is 11.3 Å². The largest absolute Gasteiger partial charge is 0.507 e. The van der Waals surface area contributed by atoms with Gasteiger partial charge in [-0.3, -0.25) is 0 Å². The van der Waals surface area contributed by atoms with E-state index in [1.807, 2.05) is 30.3 Å². The Labute approximate surface area is 211 Å². The van der Waals surface area contributed by atoms with Gasteiger partial charge in [-0.15, -0.1) is 5.11 Å². The molecule has 0 saturated carbocycles. The Morgan fingerprint density at radius 3 is 2.53 bits per heavy atom. The molecule has 0 fully saturated rings. The third-order valence-electron chi connectivity index (χ3n) is 6.23. The molecule has 3 N–H and O–H groups in total. The standard InChI is InChI=1S/C28H22ClN3O4/c29-20-12-13-23-22(15-20)25(26(34)32(23)17-18-7-2-1-3-8-18)30-31-28(27(35)36)14-6-9-19(16-28)21-10-4-5-11-24(21)33/h1-15,33-34H,16-17H2,(H,35,36). The first-order valence-corrected chi connectivity index (χ1v) is 11.6. The predicted octanol–water partition coefficient (Wildman–Crippen LogP) is 6.70. The van der Waals surface area contributed by atoms with E-state index in [4.69, 9.17) is 11.6 Å². The first-order chi connectivity index (χ1) is 17.4. The van der Waals surface area contributed by atoms with E-state index in [1.165, 1.54) is 6.08 Å². The van der Waals surface area contributed by atoms with Gasteiger partial charge in [0.2, 0.25) is 11.4 Å². The van der Waals surface area contributed by atoms with Crippen LogP contribution >= 0.6 is 11.6 Å². The number of phenolic OH excluding ortho intramolecular Hbond substituents is 1. The molecule has 1 aromatic heterocycles. The van der Waals surface area contributed by atoms with Gasteiger partial charge < -0.3 is 19.9 Å². The molecule has 0 aliphatic heterocycles. The van der Waals surface area contributed by atoms with Crippen LogP contribution in [0.5, 0.6) is 11.6 Å². The summed E-state index contributed by atoms with van der Waals surface area (Å²) in [6.45, 7) is 0.379. The third kappa shape index (κ3) is 4.25. The van der Waals surface area contributed by atoms with Crippen LogP contribution in [0, 0.1) is 0 Å². The molecule has 0 radical (unpaired) electrons. The van der Waals surface area contributed by atoms with Crippen molar-refractivity contribution in [2.45, 2.75) is 18.5 Å². The van der Waals surface area contributed by atoms with E-state index in [1.54, 1.807) is 59.2 Å². The number of para-hydroxylation sites is 1. The smallest absolute Gasteiger partial charge is 0.337 e. The fraction of sp³-hybridized carbons (Fsp3) is 0.107. The zero-order chi connectivity index (χ0) is 25.3. The number of rotatable bonds is 6. The topological polar surface area (TPSA) is 107 Å². The number of allylic oxidation sites excluding steroid dienone is 2. The van der Waals surface area contributed by atoms with E-state index in [0.717, 1.165) is 5.56 Å². The molecule has 5 rings (SSSR count). The quantitative estimate of drug-likeness (QED) is 0.256. The van der Waals surface area contributed by atoms with Crippen molar-refractivity contribution in [1.29, 1.82) is 0 Å². The molecule has 3 aromatic carbocycles. The van der Waals surface area contributed by atoms with Crippen LogP contribution in [0.15, 0.2) is 101 Å². The molecule has 4 aromatic rings. The highest BCUT2D eigenvalue weighted by molar-refractivity contribution is 6.31. The summed E-state index contributed by atoms with van der Waals surface area (Å²) in [7, 11) is 0. The number of phenols is 1. The Kier molecular flexibility index (Phi) is 6.08. The lowest BCUT2D eigenvalue weighted by molar-refractivity contribution is -0.141. The highest BCUT2D eigenvalue weighted by atomic mass is 35.5. The summed E-state index contributed by atoms with van der Waals surface area (Å²) in [6.07, 6.45) is 4.77. The van der Waals surface area contributed by atoms with Crippen LogP contribution in [0.4, 0.5) is 5.69 Å². The average molecular weight is 500 g/mol. The molecule has 36 heavy (non-hydrogen) atoms. The predicted molar refractivity (Wildman–Crippen MR) is 139 cm³/mol. The molecule has 1 aliphatic carbocycles. The zero-order valence-electron chi connectivity index (χ0n) is 19.0. The maximum absolute atomic E-state index is 12.4. The molecule has 0 bridgehead atoms. The molecule has 180 valence electrons. The molecule has 1 unspecified atom stereocenters. The van der Waals surface area contributed by atoms with Crippen molar-refractivity contribution in [2.75, 3.05) is 0 Å². The number of fused-ring (bicyclic) bond motifs is 1. The number of azo groups is 1. The molecular formula is C28H22ClN3O4. The van der Waals surface area contributed by atoms with E-state index in [0.29, 0.717) is 33.6 Å².